The Morgan fingerprint density at radius 2 is 1.93 bits per heavy atom. The number of amides is 1. The average Bonchev–Trinajstić information content (AvgIpc) is 3.32. The van der Waals surface area contributed by atoms with Gasteiger partial charge in [0, 0.05) is 0 Å². The van der Waals surface area contributed by atoms with Crippen LogP contribution >= 0.6 is 11.3 Å². The van der Waals surface area contributed by atoms with Gasteiger partial charge in [0.25, 0.3) is 0 Å². The number of rotatable bonds is 7. The molecule has 10 heteroatoms. The van der Waals surface area contributed by atoms with E-state index in [1.165, 1.54) is 11.3 Å². The molecule has 0 unspecified atom stereocenters. The van der Waals surface area contributed by atoms with Crippen molar-refractivity contribution in [2.45, 2.75) is 19.5 Å². The van der Waals surface area contributed by atoms with E-state index in [9.17, 15) is 9.59 Å². The van der Waals surface area contributed by atoms with Crippen LogP contribution in [0.3, 0.4) is 0 Å². The molecule has 0 aliphatic carbocycles. The Bertz CT molecular complexity index is 1170. The summed E-state index contributed by atoms with van der Waals surface area (Å²) in [5.74, 6) is -1.04. The molecule has 0 aliphatic rings. The first-order valence-electron chi connectivity index (χ1n) is 8.77. The van der Waals surface area contributed by atoms with Gasteiger partial charge in [-0.15, -0.1) is 21.5 Å². The highest BCUT2D eigenvalue weighted by Gasteiger charge is 2.12. The Hall–Kier alpha value is -3.66. The van der Waals surface area contributed by atoms with Gasteiger partial charge in [-0.25, -0.2) is 4.98 Å². The van der Waals surface area contributed by atoms with Crippen LogP contribution in [0.1, 0.15) is 10.8 Å². The molecule has 2 heterocycles. The number of carboxylic acids is 1. The molecular weight excluding hydrogens is 392 g/mol. The summed E-state index contributed by atoms with van der Waals surface area (Å²) in [4.78, 5) is 28.3. The standard InChI is InChI=1S/C19H16N6O3S/c26-17(20-10-16-22-24-25(23-16)11-19(27)28)9-18-21-14-7-6-13(8-15(14)29-18)12-4-2-1-3-5-12/h1-8H,9-11H2,(H,20,26)(H,27,28). The number of tetrazole rings is 1. The van der Waals surface area contributed by atoms with Crippen LogP contribution in [-0.2, 0) is 29.1 Å². The fourth-order valence-corrected chi connectivity index (χ4v) is 3.78. The van der Waals surface area contributed by atoms with E-state index >= 15 is 0 Å². The Morgan fingerprint density at radius 1 is 1.10 bits per heavy atom. The zero-order valence-electron chi connectivity index (χ0n) is 15.1. The molecule has 0 atom stereocenters. The first-order valence-corrected chi connectivity index (χ1v) is 9.58. The Labute approximate surface area is 169 Å². The average molecular weight is 408 g/mol. The zero-order valence-corrected chi connectivity index (χ0v) is 16.0. The fourth-order valence-electron chi connectivity index (χ4n) is 2.77. The van der Waals surface area contributed by atoms with Crippen LogP contribution in [-0.4, -0.2) is 42.2 Å². The lowest BCUT2D eigenvalue weighted by Crippen LogP contribution is -2.25. The maximum Gasteiger partial charge on any atom is 0.327 e. The molecular formula is C19H16N6O3S. The molecule has 29 heavy (non-hydrogen) atoms. The van der Waals surface area contributed by atoms with Gasteiger partial charge in [-0.2, -0.15) is 4.80 Å². The molecule has 0 aliphatic heterocycles. The Kier molecular flexibility index (Phi) is 5.25. The van der Waals surface area contributed by atoms with E-state index in [1.54, 1.807) is 0 Å². The lowest BCUT2D eigenvalue weighted by molar-refractivity contribution is -0.138. The van der Waals surface area contributed by atoms with Gasteiger partial charge in [-0.05, 0) is 28.5 Å². The second-order valence-corrected chi connectivity index (χ2v) is 7.35. The summed E-state index contributed by atoms with van der Waals surface area (Å²) >= 11 is 1.48. The first kappa shape index (κ1) is 18.7. The number of nitrogens with zero attached hydrogens (tertiary/aromatic N) is 5. The third-order valence-corrected chi connectivity index (χ3v) is 5.08. The summed E-state index contributed by atoms with van der Waals surface area (Å²) in [6, 6.07) is 16.1. The maximum atomic E-state index is 12.2. The number of fused-ring (bicyclic) bond motifs is 1. The SMILES string of the molecule is O=C(O)Cn1nnc(CNC(=O)Cc2nc3ccc(-c4ccccc4)cc3s2)n1. The number of nitrogens with one attached hydrogen (secondary N) is 1. The molecule has 0 saturated heterocycles. The number of carboxylic acid groups (broad SMARTS) is 1. The number of thiazole rings is 1. The van der Waals surface area contributed by atoms with Crippen molar-refractivity contribution in [2.24, 2.45) is 0 Å². The predicted molar refractivity (Wildman–Crippen MR) is 106 cm³/mol. The predicted octanol–water partition coefficient (Wildman–Crippen LogP) is 1.89. The molecule has 146 valence electrons. The second-order valence-electron chi connectivity index (χ2n) is 6.24. The van der Waals surface area contributed by atoms with Crippen molar-refractivity contribution in [1.82, 2.24) is 30.5 Å². The molecule has 2 aromatic carbocycles. The fraction of sp³-hybridized carbons (Fsp3) is 0.158. The normalized spacial score (nSPS) is 10.9. The minimum absolute atomic E-state index is 0.0709. The van der Waals surface area contributed by atoms with E-state index < -0.39 is 5.97 Å². The van der Waals surface area contributed by atoms with E-state index in [1.807, 2.05) is 30.3 Å². The number of hydrogen-bond acceptors (Lipinski definition) is 7. The maximum absolute atomic E-state index is 12.2. The van der Waals surface area contributed by atoms with Crippen LogP contribution < -0.4 is 5.32 Å². The van der Waals surface area contributed by atoms with Crippen molar-refractivity contribution < 1.29 is 14.7 Å². The molecule has 2 N–H and O–H groups in total. The third-order valence-electron chi connectivity index (χ3n) is 4.07. The summed E-state index contributed by atoms with van der Waals surface area (Å²) in [5.41, 5.74) is 3.09. The zero-order chi connectivity index (χ0) is 20.2. The number of hydrogen-bond donors (Lipinski definition) is 2. The van der Waals surface area contributed by atoms with Gasteiger partial charge in [0.15, 0.2) is 12.4 Å². The summed E-state index contributed by atoms with van der Waals surface area (Å²) in [6.07, 6.45) is 0.142. The van der Waals surface area contributed by atoms with E-state index in [0.29, 0.717) is 5.01 Å². The number of aliphatic carboxylic acids is 1. The molecule has 0 saturated carbocycles. The van der Waals surface area contributed by atoms with Gasteiger partial charge in [0.05, 0.1) is 23.2 Å². The third kappa shape index (κ3) is 4.61. The van der Waals surface area contributed by atoms with Gasteiger partial charge >= 0.3 is 5.97 Å². The van der Waals surface area contributed by atoms with Crippen molar-refractivity contribution in [1.29, 1.82) is 0 Å². The van der Waals surface area contributed by atoms with Crippen LogP contribution in [0.4, 0.5) is 0 Å². The number of benzene rings is 2. The number of aromatic nitrogens is 5. The topological polar surface area (TPSA) is 123 Å². The Morgan fingerprint density at radius 3 is 2.72 bits per heavy atom. The van der Waals surface area contributed by atoms with E-state index in [-0.39, 0.29) is 31.2 Å². The molecule has 0 bridgehead atoms. The van der Waals surface area contributed by atoms with Gasteiger partial charge in [0.1, 0.15) is 5.01 Å². The van der Waals surface area contributed by atoms with Crippen molar-refractivity contribution in [3.8, 4) is 11.1 Å². The lowest BCUT2D eigenvalue weighted by Gasteiger charge is -2.00. The smallest absolute Gasteiger partial charge is 0.327 e. The highest BCUT2D eigenvalue weighted by atomic mass is 32.1. The van der Waals surface area contributed by atoms with Crippen molar-refractivity contribution in [2.75, 3.05) is 0 Å². The van der Waals surface area contributed by atoms with Crippen LogP contribution in [0.25, 0.3) is 21.3 Å². The highest BCUT2D eigenvalue weighted by molar-refractivity contribution is 7.18. The van der Waals surface area contributed by atoms with Crippen molar-refractivity contribution >= 4 is 33.4 Å². The largest absolute Gasteiger partial charge is 0.480 e. The summed E-state index contributed by atoms with van der Waals surface area (Å²) in [7, 11) is 0. The molecule has 0 spiro atoms. The molecule has 0 fully saturated rings. The number of carbonyl (C=O) groups excluding carboxylic acids is 1. The first-order chi connectivity index (χ1) is 14.1. The number of carbonyl (C=O) groups is 2. The summed E-state index contributed by atoms with van der Waals surface area (Å²) in [6.45, 7) is -0.306. The van der Waals surface area contributed by atoms with Crippen LogP contribution in [0, 0.1) is 0 Å². The van der Waals surface area contributed by atoms with Crippen molar-refractivity contribution in [3.63, 3.8) is 0 Å². The van der Waals surface area contributed by atoms with Gasteiger partial charge in [-0.1, -0.05) is 36.4 Å². The molecule has 4 aromatic rings. The van der Waals surface area contributed by atoms with E-state index in [2.05, 4.69) is 43.9 Å². The second kappa shape index (κ2) is 8.15. The van der Waals surface area contributed by atoms with E-state index in [0.717, 1.165) is 26.1 Å². The summed E-state index contributed by atoms with van der Waals surface area (Å²) < 4.78 is 1.02. The highest BCUT2D eigenvalue weighted by Crippen LogP contribution is 2.28. The van der Waals surface area contributed by atoms with Gasteiger partial charge in [0.2, 0.25) is 5.91 Å². The van der Waals surface area contributed by atoms with Crippen LogP contribution in [0.2, 0.25) is 0 Å². The van der Waals surface area contributed by atoms with Gasteiger partial charge < -0.3 is 10.4 Å². The monoisotopic (exact) mass is 408 g/mol. The lowest BCUT2D eigenvalue weighted by atomic mass is 10.1. The minimum atomic E-state index is -1.07. The minimum Gasteiger partial charge on any atom is -0.480 e. The summed E-state index contributed by atoms with van der Waals surface area (Å²) in [5, 5.41) is 23.3. The van der Waals surface area contributed by atoms with Crippen LogP contribution in [0.15, 0.2) is 48.5 Å². The van der Waals surface area contributed by atoms with Gasteiger partial charge in [-0.3, -0.25) is 9.59 Å². The molecule has 1 amide bonds. The molecule has 9 nitrogen and oxygen atoms in total. The molecule has 4 rings (SSSR count). The molecule has 2 aromatic heterocycles. The molecule has 0 radical (unpaired) electrons. The quantitative estimate of drug-likeness (QED) is 0.479. The van der Waals surface area contributed by atoms with Crippen LogP contribution in [0.5, 0.6) is 0 Å². The van der Waals surface area contributed by atoms with E-state index in [4.69, 9.17) is 5.11 Å². The Balaban J connectivity index is 1.39. The van der Waals surface area contributed by atoms with Crippen molar-refractivity contribution in [3.05, 3.63) is 59.4 Å².